The quantitative estimate of drug-likeness (QED) is 0.554. The summed E-state index contributed by atoms with van der Waals surface area (Å²) in [6.45, 7) is 8.73. The number of rotatable bonds is 9. The topological polar surface area (TPSA) is 100 Å². The van der Waals surface area contributed by atoms with Crippen LogP contribution in [-0.2, 0) is 19.1 Å². The highest BCUT2D eigenvalue weighted by Gasteiger charge is 2.35. The van der Waals surface area contributed by atoms with Crippen molar-refractivity contribution in [1.29, 1.82) is 0 Å². The molecule has 2 saturated heterocycles. The summed E-state index contributed by atoms with van der Waals surface area (Å²) in [5.74, 6) is -0.255. The van der Waals surface area contributed by atoms with Crippen molar-refractivity contribution in [1.82, 2.24) is 10.2 Å². The van der Waals surface area contributed by atoms with Gasteiger partial charge in [0.2, 0.25) is 11.8 Å². The van der Waals surface area contributed by atoms with Crippen LogP contribution in [0.3, 0.4) is 0 Å². The molecule has 0 bridgehead atoms. The number of benzene rings is 2. The Morgan fingerprint density at radius 1 is 1.08 bits per heavy atom. The summed E-state index contributed by atoms with van der Waals surface area (Å²) in [7, 11) is 0. The lowest BCUT2D eigenvalue weighted by Crippen LogP contribution is -2.42. The molecule has 0 saturated carbocycles. The molecule has 0 aromatic heterocycles. The molecule has 9 heteroatoms. The van der Waals surface area contributed by atoms with E-state index in [1.54, 1.807) is 29.2 Å². The van der Waals surface area contributed by atoms with Gasteiger partial charge in [-0.2, -0.15) is 0 Å². The maximum atomic E-state index is 12.6. The highest BCUT2D eigenvalue weighted by Crippen LogP contribution is 2.27. The fourth-order valence-corrected chi connectivity index (χ4v) is 4.38. The fraction of sp³-hybridized carbons (Fsp3) is 0.444. The number of nitrogens with zero attached hydrogens (tertiary/aromatic N) is 2. The van der Waals surface area contributed by atoms with E-state index in [2.05, 4.69) is 15.5 Å². The minimum Gasteiger partial charge on any atom is -0.484 e. The zero-order valence-electron chi connectivity index (χ0n) is 20.9. The van der Waals surface area contributed by atoms with E-state index in [1.165, 1.54) is 0 Å². The molecule has 36 heavy (non-hydrogen) atoms. The number of morpholine rings is 1. The van der Waals surface area contributed by atoms with Gasteiger partial charge in [-0.15, -0.1) is 0 Å². The molecule has 2 aliphatic rings. The van der Waals surface area contributed by atoms with Crippen LogP contribution in [-0.4, -0.2) is 75.2 Å². The first-order chi connectivity index (χ1) is 17.4. The Bertz CT molecular complexity index is 1080. The summed E-state index contributed by atoms with van der Waals surface area (Å²) in [5, 5.41) is 5.84. The summed E-state index contributed by atoms with van der Waals surface area (Å²) in [6, 6.07) is 12.8. The standard InChI is InChI=1S/C27H34N4O5/c1-19-4-3-5-24(20(19)2)29-25(32)18-36-23-8-6-22(7-9-23)31-17-21(16-26(31)33)27(34)28-10-11-30-12-14-35-15-13-30/h3-9,21H,10-18H2,1-2H3,(H,28,34)(H,29,32)/t21-/m1/s1. The van der Waals surface area contributed by atoms with Crippen molar-refractivity contribution >= 4 is 29.1 Å². The molecular formula is C27H34N4O5. The molecule has 2 aromatic rings. The number of carbonyl (C=O) groups excluding carboxylic acids is 3. The van der Waals surface area contributed by atoms with Crippen molar-refractivity contribution in [3.05, 3.63) is 53.6 Å². The van der Waals surface area contributed by atoms with Crippen molar-refractivity contribution in [3.8, 4) is 5.75 Å². The van der Waals surface area contributed by atoms with E-state index >= 15 is 0 Å². The fourth-order valence-electron chi connectivity index (χ4n) is 4.38. The van der Waals surface area contributed by atoms with Crippen LogP contribution in [0.1, 0.15) is 17.5 Å². The van der Waals surface area contributed by atoms with Crippen molar-refractivity contribution in [2.75, 3.05) is 62.8 Å². The highest BCUT2D eigenvalue weighted by molar-refractivity contribution is 6.00. The van der Waals surface area contributed by atoms with Gasteiger partial charge in [0.1, 0.15) is 5.75 Å². The number of nitrogens with one attached hydrogen (secondary N) is 2. The zero-order chi connectivity index (χ0) is 25.5. The molecule has 2 fully saturated rings. The molecule has 2 aromatic carbocycles. The number of hydrogen-bond donors (Lipinski definition) is 2. The predicted molar refractivity (Wildman–Crippen MR) is 137 cm³/mol. The first-order valence-electron chi connectivity index (χ1n) is 12.4. The highest BCUT2D eigenvalue weighted by atomic mass is 16.5. The number of hydrogen-bond acceptors (Lipinski definition) is 6. The Morgan fingerprint density at radius 3 is 2.58 bits per heavy atom. The first-order valence-corrected chi connectivity index (χ1v) is 12.4. The van der Waals surface area contributed by atoms with E-state index in [1.807, 2.05) is 32.0 Å². The molecule has 2 heterocycles. The van der Waals surface area contributed by atoms with Gasteiger partial charge in [-0.25, -0.2) is 0 Å². The molecule has 3 amide bonds. The van der Waals surface area contributed by atoms with Gasteiger partial charge in [-0.1, -0.05) is 12.1 Å². The van der Waals surface area contributed by atoms with E-state index in [9.17, 15) is 14.4 Å². The van der Waals surface area contributed by atoms with Crippen LogP contribution >= 0.6 is 0 Å². The Labute approximate surface area is 211 Å². The summed E-state index contributed by atoms with van der Waals surface area (Å²) < 4.78 is 11.0. The molecule has 1 atom stereocenters. The average molecular weight is 495 g/mol. The molecular weight excluding hydrogens is 460 g/mol. The Morgan fingerprint density at radius 2 is 1.83 bits per heavy atom. The molecule has 9 nitrogen and oxygen atoms in total. The molecule has 0 radical (unpaired) electrons. The van der Waals surface area contributed by atoms with Crippen molar-refractivity contribution in [3.63, 3.8) is 0 Å². The Balaban J connectivity index is 1.23. The Kier molecular flexibility index (Phi) is 8.56. The van der Waals surface area contributed by atoms with Crippen LogP contribution in [0, 0.1) is 19.8 Å². The van der Waals surface area contributed by atoms with E-state index in [4.69, 9.17) is 9.47 Å². The Hall–Kier alpha value is -3.43. The molecule has 0 unspecified atom stereocenters. The second-order valence-corrected chi connectivity index (χ2v) is 9.23. The van der Waals surface area contributed by atoms with Gasteiger partial charge in [-0.3, -0.25) is 19.3 Å². The van der Waals surface area contributed by atoms with Gasteiger partial charge in [-0.05, 0) is 55.3 Å². The number of carbonyl (C=O) groups is 3. The lowest BCUT2D eigenvalue weighted by Gasteiger charge is -2.26. The molecule has 2 aliphatic heterocycles. The van der Waals surface area contributed by atoms with E-state index in [0.29, 0.717) is 24.5 Å². The minimum atomic E-state index is -0.369. The SMILES string of the molecule is Cc1cccc(NC(=O)COc2ccc(N3C[C@H](C(=O)NCCN4CCOCC4)CC3=O)cc2)c1C. The summed E-state index contributed by atoms with van der Waals surface area (Å²) >= 11 is 0. The van der Waals surface area contributed by atoms with Crippen LogP contribution < -0.4 is 20.3 Å². The third-order valence-electron chi connectivity index (χ3n) is 6.72. The molecule has 0 aliphatic carbocycles. The van der Waals surface area contributed by atoms with Gasteiger partial charge >= 0.3 is 0 Å². The van der Waals surface area contributed by atoms with E-state index in [0.717, 1.165) is 49.7 Å². The number of aryl methyl sites for hydroxylation is 1. The third-order valence-corrected chi connectivity index (χ3v) is 6.72. The summed E-state index contributed by atoms with van der Waals surface area (Å²) in [6.07, 6.45) is 0.195. The van der Waals surface area contributed by atoms with Crippen molar-refractivity contribution in [2.45, 2.75) is 20.3 Å². The smallest absolute Gasteiger partial charge is 0.262 e. The summed E-state index contributed by atoms with van der Waals surface area (Å²) in [4.78, 5) is 41.4. The lowest BCUT2D eigenvalue weighted by atomic mass is 10.1. The minimum absolute atomic E-state index is 0.0788. The van der Waals surface area contributed by atoms with Gasteiger partial charge < -0.3 is 25.0 Å². The molecule has 192 valence electrons. The summed E-state index contributed by atoms with van der Waals surface area (Å²) in [5.41, 5.74) is 3.60. The zero-order valence-corrected chi connectivity index (χ0v) is 20.9. The van der Waals surface area contributed by atoms with Gasteiger partial charge in [0.15, 0.2) is 6.61 Å². The van der Waals surface area contributed by atoms with Gasteiger partial charge in [0, 0.05) is 50.5 Å². The molecule has 4 rings (SSSR count). The number of ether oxygens (including phenoxy) is 2. The van der Waals surface area contributed by atoms with E-state index in [-0.39, 0.29) is 36.7 Å². The first kappa shape index (κ1) is 25.7. The van der Waals surface area contributed by atoms with Crippen LogP contribution in [0.2, 0.25) is 0 Å². The average Bonchev–Trinajstić information content (AvgIpc) is 3.28. The van der Waals surface area contributed by atoms with Crippen molar-refractivity contribution < 1.29 is 23.9 Å². The third kappa shape index (κ3) is 6.61. The molecule has 0 spiro atoms. The monoisotopic (exact) mass is 494 g/mol. The van der Waals surface area contributed by atoms with Crippen LogP contribution in [0.5, 0.6) is 5.75 Å². The number of anilines is 2. The van der Waals surface area contributed by atoms with E-state index < -0.39 is 0 Å². The van der Waals surface area contributed by atoms with Crippen molar-refractivity contribution in [2.24, 2.45) is 5.92 Å². The second kappa shape index (κ2) is 12.0. The largest absolute Gasteiger partial charge is 0.484 e. The van der Waals surface area contributed by atoms with Crippen LogP contribution in [0.15, 0.2) is 42.5 Å². The second-order valence-electron chi connectivity index (χ2n) is 9.23. The van der Waals surface area contributed by atoms with Crippen LogP contribution in [0.4, 0.5) is 11.4 Å². The van der Waals surface area contributed by atoms with Crippen LogP contribution in [0.25, 0.3) is 0 Å². The number of amides is 3. The van der Waals surface area contributed by atoms with Gasteiger partial charge in [0.25, 0.3) is 5.91 Å². The molecule has 2 N–H and O–H groups in total. The normalized spacial score (nSPS) is 18.2. The van der Waals surface area contributed by atoms with Gasteiger partial charge in [0.05, 0.1) is 19.1 Å². The maximum Gasteiger partial charge on any atom is 0.262 e. The lowest BCUT2D eigenvalue weighted by molar-refractivity contribution is -0.126. The predicted octanol–water partition coefficient (Wildman–Crippen LogP) is 2.12. The maximum absolute atomic E-state index is 12.6.